The molecule has 2 nitrogen and oxygen atoms in total. The Labute approximate surface area is 98.4 Å². The van der Waals surface area contributed by atoms with Crippen molar-refractivity contribution in [3.63, 3.8) is 0 Å². The van der Waals surface area contributed by atoms with Crippen LogP contribution in [0.3, 0.4) is 0 Å². The normalized spacial score (nSPS) is 21.9. The largest absolute Gasteiger partial charge is 0.397 e. The number of rotatable bonds is 1. The first-order valence-corrected chi connectivity index (χ1v) is 6.32. The summed E-state index contributed by atoms with van der Waals surface area (Å²) in [6.07, 6.45) is 5.28. The molecule has 1 atom stereocenters. The minimum absolute atomic E-state index is 0.617. The maximum absolute atomic E-state index is 6.19. The molecule has 16 heavy (non-hydrogen) atoms. The van der Waals surface area contributed by atoms with Gasteiger partial charge in [-0.15, -0.1) is 0 Å². The number of nitrogens with zero attached hydrogens (tertiary/aromatic N) is 1. The van der Waals surface area contributed by atoms with Crippen molar-refractivity contribution in [3.05, 3.63) is 23.8 Å². The Bertz CT molecular complexity index is 360. The Hall–Kier alpha value is -1.18. The molecule has 0 spiro atoms. The number of anilines is 2. The minimum atomic E-state index is 0.617. The van der Waals surface area contributed by atoms with Gasteiger partial charge in [0, 0.05) is 12.6 Å². The molecule has 2 N–H and O–H groups in total. The summed E-state index contributed by atoms with van der Waals surface area (Å²) in [6.45, 7) is 5.54. The van der Waals surface area contributed by atoms with Crippen molar-refractivity contribution in [1.82, 2.24) is 0 Å². The number of benzene rings is 1. The van der Waals surface area contributed by atoms with E-state index in [1.807, 2.05) is 0 Å². The molecule has 1 aromatic rings. The fraction of sp³-hybridized carbons (Fsp3) is 0.571. The first kappa shape index (κ1) is 11.3. The predicted octanol–water partition coefficient (Wildman–Crippen LogP) is 3.35. The lowest BCUT2D eigenvalue weighted by Gasteiger charge is -2.31. The zero-order chi connectivity index (χ0) is 11.5. The monoisotopic (exact) mass is 218 g/mol. The van der Waals surface area contributed by atoms with E-state index in [9.17, 15) is 0 Å². The van der Waals surface area contributed by atoms with E-state index in [1.54, 1.807) is 0 Å². The summed E-state index contributed by atoms with van der Waals surface area (Å²) < 4.78 is 0. The Morgan fingerprint density at radius 3 is 2.88 bits per heavy atom. The molecule has 1 fully saturated rings. The van der Waals surface area contributed by atoms with E-state index in [-0.39, 0.29) is 0 Å². The smallest absolute Gasteiger partial charge is 0.0605 e. The van der Waals surface area contributed by atoms with E-state index in [0.717, 1.165) is 12.2 Å². The number of aryl methyl sites for hydroxylation is 1. The second kappa shape index (κ2) is 4.77. The maximum Gasteiger partial charge on any atom is 0.0605 e. The van der Waals surface area contributed by atoms with Crippen LogP contribution < -0.4 is 10.6 Å². The van der Waals surface area contributed by atoms with Crippen molar-refractivity contribution in [3.8, 4) is 0 Å². The zero-order valence-corrected chi connectivity index (χ0v) is 10.4. The third kappa shape index (κ3) is 2.16. The Morgan fingerprint density at radius 1 is 1.25 bits per heavy atom. The number of hydrogen-bond donors (Lipinski definition) is 1. The highest BCUT2D eigenvalue weighted by molar-refractivity contribution is 5.71. The summed E-state index contributed by atoms with van der Waals surface area (Å²) in [6, 6.07) is 6.97. The molecule has 0 radical (unpaired) electrons. The molecule has 88 valence electrons. The lowest BCUT2D eigenvalue weighted by Crippen LogP contribution is -2.33. The van der Waals surface area contributed by atoms with Crippen molar-refractivity contribution in [1.29, 1.82) is 0 Å². The van der Waals surface area contributed by atoms with Crippen LogP contribution in [0.5, 0.6) is 0 Å². The highest BCUT2D eigenvalue weighted by Gasteiger charge is 2.19. The average molecular weight is 218 g/mol. The Morgan fingerprint density at radius 2 is 2.06 bits per heavy atom. The fourth-order valence-corrected chi connectivity index (χ4v) is 2.55. The topological polar surface area (TPSA) is 29.3 Å². The van der Waals surface area contributed by atoms with Crippen LogP contribution in [0.4, 0.5) is 11.4 Å². The predicted molar refractivity (Wildman–Crippen MR) is 70.9 cm³/mol. The van der Waals surface area contributed by atoms with Crippen LogP contribution in [-0.2, 0) is 0 Å². The van der Waals surface area contributed by atoms with Crippen LogP contribution in [0.2, 0.25) is 0 Å². The van der Waals surface area contributed by atoms with Crippen molar-refractivity contribution in [2.75, 3.05) is 17.2 Å². The summed E-state index contributed by atoms with van der Waals surface area (Å²) in [4.78, 5) is 2.48. The van der Waals surface area contributed by atoms with Gasteiger partial charge in [-0.1, -0.05) is 25.0 Å². The molecule has 0 bridgehead atoms. The summed E-state index contributed by atoms with van der Waals surface area (Å²) in [5, 5.41) is 0. The van der Waals surface area contributed by atoms with Gasteiger partial charge in [0.1, 0.15) is 0 Å². The van der Waals surface area contributed by atoms with Crippen LogP contribution in [0.15, 0.2) is 18.2 Å². The number of nitrogens with two attached hydrogens (primary N) is 1. The molecule has 0 amide bonds. The zero-order valence-electron chi connectivity index (χ0n) is 10.4. The van der Waals surface area contributed by atoms with Crippen molar-refractivity contribution < 1.29 is 0 Å². The molecule has 2 heteroatoms. The second-order valence-electron chi connectivity index (χ2n) is 4.90. The Balaban J connectivity index is 2.30. The van der Waals surface area contributed by atoms with Crippen molar-refractivity contribution in [2.24, 2.45) is 0 Å². The molecule has 2 rings (SSSR count). The van der Waals surface area contributed by atoms with Crippen molar-refractivity contribution >= 4 is 11.4 Å². The van der Waals surface area contributed by atoms with E-state index in [1.165, 1.54) is 36.9 Å². The molecule has 1 aromatic carbocycles. The summed E-state index contributed by atoms with van der Waals surface area (Å²) in [5.41, 5.74) is 9.56. The lowest BCUT2D eigenvalue weighted by atomic mass is 10.1. The maximum atomic E-state index is 6.19. The molecule has 1 unspecified atom stereocenters. The van der Waals surface area contributed by atoms with Crippen LogP contribution in [-0.4, -0.2) is 12.6 Å². The standard InChI is InChI=1S/C14H22N2/c1-11-7-6-9-13(14(11)15)16-10-5-3-4-8-12(16)2/h6-7,9,12H,3-5,8,10,15H2,1-2H3. The van der Waals surface area contributed by atoms with Crippen LogP contribution in [0.25, 0.3) is 0 Å². The van der Waals surface area contributed by atoms with Gasteiger partial charge in [-0.2, -0.15) is 0 Å². The van der Waals surface area contributed by atoms with Crippen LogP contribution >= 0.6 is 0 Å². The molecule has 0 aliphatic carbocycles. The van der Waals surface area contributed by atoms with E-state index in [0.29, 0.717) is 6.04 Å². The summed E-state index contributed by atoms with van der Waals surface area (Å²) >= 11 is 0. The van der Waals surface area contributed by atoms with Gasteiger partial charge in [0.2, 0.25) is 0 Å². The molecule has 1 heterocycles. The SMILES string of the molecule is Cc1cccc(N2CCCCCC2C)c1N. The number of para-hydroxylation sites is 1. The fourth-order valence-electron chi connectivity index (χ4n) is 2.55. The molecule has 0 aromatic heterocycles. The summed E-state index contributed by atoms with van der Waals surface area (Å²) in [7, 11) is 0. The summed E-state index contributed by atoms with van der Waals surface area (Å²) in [5.74, 6) is 0. The van der Waals surface area contributed by atoms with E-state index in [4.69, 9.17) is 5.73 Å². The molecular weight excluding hydrogens is 196 g/mol. The molecule has 1 aliphatic rings. The van der Waals surface area contributed by atoms with E-state index in [2.05, 4.69) is 36.9 Å². The minimum Gasteiger partial charge on any atom is -0.397 e. The van der Waals surface area contributed by atoms with Gasteiger partial charge in [0.05, 0.1) is 11.4 Å². The van der Waals surface area contributed by atoms with Gasteiger partial charge in [0.15, 0.2) is 0 Å². The van der Waals surface area contributed by atoms with E-state index < -0.39 is 0 Å². The second-order valence-corrected chi connectivity index (χ2v) is 4.90. The van der Waals surface area contributed by atoms with E-state index >= 15 is 0 Å². The molecule has 0 saturated carbocycles. The Kier molecular flexibility index (Phi) is 3.37. The van der Waals surface area contributed by atoms with Crippen LogP contribution in [0, 0.1) is 6.92 Å². The van der Waals surface area contributed by atoms with Crippen molar-refractivity contribution in [2.45, 2.75) is 45.6 Å². The molecule has 1 aliphatic heterocycles. The van der Waals surface area contributed by atoms with Gasteiger partial charge >= 0.3 is 0 Å². The number of nitrogen functional groups attached to an aromatic ring is 1. The molecular formula is C14H22N2. The quantitative estimate of drug-likeness (QED) is 0.732. The van der Waals surface area contributed by atoms with Gasteiger partial charge in [-0.25, -0.2) is 0 Å². The third-order valence-electron chi connectivity index (χ3n) is 3.66. The van der Waals surface area contributed by atoms with Gasteiger partial charge in [-0.3, -0.25) is 0 Å². The highest BCUT2D eigenvalue weighted by Crippen LogP contribution is 2.30. The molecule has 1 saturated heterocycles. The van der Waals surface area contributed by atoms with Gasteiger partial charge < -0.3 is 10.6 Å². The number of hydrogen-bond acceptors (Lipinski definition) is 2. The van der Waals surface area contributed by atoms with Crippen LogP contribution in [0.1, 0.15) is 38.2 Å². The lowest BCUT2D eigenvalue weighted by molar-refractivity contribution is 0.616. The first-order chi connectivity index (χ1) is 7.70. The van der Waals surface area contributed by atoms with Gasteiger partial charge in [-0.05, 0) is 38.3 Å². The average Bonchev–Trinajstić information content (AvgIpc) is 2.47. The first-order valence-electron chi connectivity index (χ1n) is 6.32. The van der Waals surface area contributed by atoms with Gasteiger partial charge in [0.25, 0.3) is 0 Å². The highest BCUT2D eigenvalue weighted by atomic mass is 15.2. The third-order valence-corrected chi connectivity index (χ3v) is 3.66.